The van der Waals surface area contributed by atoms with Gasteiger partial charge in [0, 0.05) is 5.02 Å². The predicted molar refractivity (Wildman–Crippen MR) is 78.6 cm³/mol. The number of imidazole rings is 1. The summed E-state index contributed by atoms with van der Waals surface area (Å²) in [6, 6.07) is 15.1. The molecule has 0 aliphatic carbocycles. The quantitative estimate of drug-likeness (QED) is 0.727. The summed E-state index contributed by atoms with van der Waals surface area (Å²) in [5.41, 5.74) is 8.51. The van der Waals surface area contributed by atoms with E-state index in [1.165, 1.54) is 0 Å². The van der Waals surface area contributed by atoms with Crippen molar-refractivity contribution in [1.82, 2.24) is 9.66 Å². The van der Waals surface area contributed by atoms with Crippen molar-refractivity contribution in [2.45, 2.75) is 0 Å². The van der Waals surface area contributed by atoms with Gasteiger partial charge < -0.3 is 5.73 Å². The van der Waals surface area contributed by atoms with Gasteiger partial charge in [0.2, 0.25) is 5.95 Å². The third-order valence-electron chi connectivity index (χ3n) is 2.75. The second-order valence-electron chi connectivity index (χ2n) is 4.07. The number of fused-ring (bicyclic) bond motifs is 1. The average Bonchev–Trinajstić information content (AvgIpc) is 2.74. The molecule has 2 N–H and O–H groups in total. The summed E-state index contributed by atoms with van der Waals surface area (Å²) in [4.78, 5) is 4.25. The van der Waals surface area contributed by atoms with E-state index >= 15 is 0 Å². The number of para-hydroxylation sites is 2. The van der Waals surface area contributed by atoms with Crippen LogP contribution in [-0.4, -0.2) is 15.9 Å². The second kappa shape index (κ2) is 4.74. The summed E-state index contributed by atoms with van der Waals surface area (Å²) in [7, 11) is 0. The molecule has 0 saturated heterocycles. The number of nitrogen functional groups attached to an aromatic ring is 1. The minimum absolute atomic E-state index is 0.367. The number of anilines is 1. The van der Waals surface area contributed by atoms with Crippen LogP contribution in [0.4, 0.5) is 5.95 Å². The van der Waals surface area contributed by atoms with Gasteiger partial charge in [-0.15, -0.1) is 0 Å². The van der Waals surface area contributed by atoms with E-state index < -0.39 is 0 Å². The van der Waals surface area contributed by atoms with Crippen molar-refractivity contribution in [1.29, 1.82) is 0 Å². The Morgan fingerprint density at radius 2 is 1.84 bits per heavy atom. The van der Waals surface area contributed by atoms with Crippen molar-refractivity contribution in [3.63, 3.8) is 0 Å². The first-order valence-electron chi connectivity index (χ1n) is 5.77. The highest BCUT2D eigenvalue weighted by Gasteiger charge is 2.05. The van der Waals surface area contributed by atoms with Gasteiger partial charge in [-0.25, -0.2) is 4.98 Å². The van der Waals surface area contributed by atoms with Gasteiger partial charge in [0.05, 0.1) is 17.2 Å². The lowest BCUT2D eigenvalue weighted by molar-refractivity contribution is 0.931. The van der Waals surface area contributed by atoms with Crippen molar-refractivity contribution in [2.24, 2.45) is 5.10 Å². The van der Waals surface area contributed by atoms with Crippen LogP contribution in [0.2, 0.25) is 5.02 Å². The summed E-state index contributed by atoms with van der Waals surface area (Å²) in [5.74, 6) is 0.367. The van der Waals surface area contributed by atoms with E-state index in [0.29, 0.717) is 11.0 Å². The van der Waals surface area contributed by atoms with Crippen molar-refractivity contribution in [3.05, 3.63) is 59.1 Å². The lowest BCUT2D eigenvalue weighted by atomic mass is 10.2. The van der Waals surface area contributed by atoms with Gasteiger partial charge in [-0.05, 0) is 29.8 Å². The number of hydrogen-bond donors (Lipinski definition) is 1. The van der Waals surface area contributed by atoms with E-state index in [1.807, 2.05) is 48.5 Å². The van der Waals surface area contributed by atoms with Gasteiger partial charge in [0.15, 0.2) is 0 Å². The highest BCUT2D eigenvalue weighted by atomic mass is 35.5. The molecular weight excluding hydrogens is 260 g/mol. The molecule has 0 radical (unpaired) electrons. The number of hydrogen-bond acceptors (Lipinski definition) is 3. The second-order valence-corrected chi connectivity index (χ2v) is 4.50. The molecule has 0 unspecified atom stereocenters. The SMILES string of the molecule is Nc1nc2ccccc2n1/N=C/c1ccc(Cl)cc1. The molecule has 3 rings (SSSR count). The standard InChI is InChI=1S/C14H11ClN4/c15-11-7-5-10(6-8-11)9-17-19-13-4-2-1-3-12(13)18-14(19)16/h1-9H,(H2,16,18)/b17-9+. The highest BCUT2D eigenvalue weighted by Crippen LogP contribution is 2.17. The summed E-state index contributed by atoms with van der Waals surface area (Å²) in [6.07, 6.45) is 1.72. The van der Waals surface area contributed by atoms with Crippen molar-refractivity contribution < 1.29 is 0 Å². The van der Waals surface area contributed by atoms with Gasteiger partial charge in [-0.3, -0.25) is 0 Å². The van der Waals surface area contributed by atoms with E-state index in [4.69, 9.17) is 17.3 Å². The third-order valence-corrected chi connectivity index (χ3v) is 3.01. The zero-order valence-electron chi connectivity index (χ0n) is 9.99. The molecule has 4 nitrogen and oxygen atoms in total. The maximum atomic E-state index is 5.86. The molecule has 0 saturated carbocycles. The Labute approximate surface area is 115 Å². The van der Waals surface area contributed by atoms with Crippen LogP contribution in [0.3, 0.4) is 0 Å². The van der Waals surface area contributed by atoms with E-state index in [9.17, 15) is 0 Å². The Hall–Kier alpha value is -2.33. The molecule has 0 fully saturated rings. The molecular formula is C14H11ClN4. The van der Waals surface area contributed by atoms with Gasteiger partial charge in [0.25, 0.3) is 0 Å². The largest absolute Gasteiger partial charge is 0.368 e. The molecule has 0 atom stereocenters. The minimum atomic E-state index is 0.367. The molecule has 2 aromatic carbocycles. The molecule has 3 aromatic rings. The third kappa shape index (κ3) is 2.30. The molecule has 5 heteroatoms. The molecule has 19 heavy (non-hydrogen) atoms. The zero-order chi connectivity index (χ0) is 13.2. The van der Waals surface area contributed by atoms with Crippen molar-refractivity contribution in [2.75, 3.05) is 5.73 Å². The van der Waals surface area contributed by atoms with E-state index in [-0.39, 0.29) is 0 Å². The highest BCUT2D eigenvalue weighted by molar-refractivity contribution is 6.30. The van der Waals surface area contributed by atoms with Crippen LogP contribution in [-0.2, 0) is 0 Å². The normalized spacial score (nSPS) is 11.4. The Kier molecular flexibility index (Phi) is 2.93. The van der Waals surface area contributed by atoms with Gasteiger partial charge in [0.1, 0.15) is 0 Å². The van der Waals surface area contributed by atoms with Crippen molar-refractivity contribution in [3.8, 4) is 0 Å². The van der Waals surface area contributed by atoms with Crippen LogP contribution in [0.25, 0.3) is 11.0 Å². The fourth-order valence-corrected chi connectivity index (χ4v) is 1.95. The molecule has 1 heterocycles. The number of benzene rings is 2. The number of halogens is 1. The van der Waals surface area contributed by atoms with Crippen LogP contribution in [0.1, 0.15) is 5.56 Å². The van der Waals surface area contributed by atoms with Gasteiger partial charge in [-0.1, -0.05) is 35.9 Å². The van der Waals surface area contributed by atoms with Crippen LogP contribution in [0, 0.1) is 0 Å². The first kappa shape index (κ1) is 11.7. The number of nitrogens with zero attached hydrogens (tertiary/aromatic N) is 3. The number of nitrogens with two attached hydrogens (primary N) is 1. The first-order valence-corrected chi connectivity index (χ1v) is 6.15. The topological polar surface area (TPSA) is 56.2 Å². The van der Waals surface area contributed by atoms with Gasteiger partial charge in [-0.2, -0.15) is 9.78 Å². The van der Waals surface area contributed by atoms with Gasteiger partial charge >= 0.3 is 0 Å². The summed E-state index contributed by atoms with van der Waals surface area (Å²) >= 11 is 5.84. The average molecular weight is 271 g/mol. The Balaban J connectivity index is 2.01. The molecule has 0 bridgehead atoms. The van der Waals surface area contributed by atoms with Crippen LogP contribution in [0.5, 0.6) is 0 Å². The summed E-state index contributed by atoms with van der Waals surface area (Å²) in [6.45, 7) is 0. The van der Waals surface area contributed by atoms with Crippen LogP contribution >= 0.6 is 11.6 Å². The van der Waals surface area contributed by atoms with E-state index in [1.54, 1.807) is 10.9 Å². The lowest BCUT2D eigenvalue weighted by Crippen LogP contribution is -1.97. The maximum Gasteiger partial charge on any atom is 0.222 e. The minimum Gasteiger partial charge on any atom is -0.368 e. The van der Waals surface area contributed by atoms with Crippen LogP contribution < -0.4 is 5.73 Å². The predicted octanol–water partition coefficient (Wildman–Crippen LogP) is 3.15. The number of rotatable bonds is 2. The monoisotopic (exact) mass is 270 g/mol. The Bertz CT molecular complexity index is 744. The van der Waals surface area contributed by atoms with E-state index in [2.05, 4.69) is 10.1 Å². The molecule has 0 amide bonds. The molecule has 1 aromatic heterocycles. The number of aromatic nitrogens is 2. The fourth-order valence-electron chi connectivity index (χ4n) is 1.83. The lowest BCUT2D eigenvalue weighted by Gasteiger charge is -1.98. The molecule has 0 spiro atoms. The fraction of sp³-hybridized carbons (Fsp3) is 0. The van der Waals surface area contributed by atoms with Crippen LogP contribution in [0.15, 0.2) is 53.6 Å². The Morgan fingerprint density at radius 3 is 2.63 bits per heavy atom. The summed E-state index contributed by atoms with van der Waals surface area (Å²) < 4.78 is 1.62. The smallest absolute Gasteiger partial charge is 0.222 e. The first-order chi connectivity index (χ1) is 9.24. The summed E-state index contributed by atoms with van der Waals surface area (Å²) in [5, 5.41) is 5.05. The molecule has 94 valence electrons. The molecule has 0 aliphatic rings. The Morgan fingerprint density at radius 1 is 1.11 bits per heavy atom. The van der Waals surface area contributed by atoms with Crippen molar-refractivity contribution >= 4 is 34.8 Å². The van der Waals surface area contributed by atoms with E-state index in [0.717, 1.165) is 16.6 Å². The zero-order valence-corrected chi connectivity index (χ0v) is 10.7. The maximum absolute atomic E-state index is 5.86. The molecule has 0 aliphatic heterocycles.